The molecule has 0 saturated heterocycles. The lowest BCUT2D eigenvalue weighted by atomic mass is 10.1. The molecule has 30 heavy (non-hydrogen) atoms. The zero-order valence-corrected chi connectivity index (χ0v) is 18.3. The van der Waals surface area contributed by atoms with Crippen molar-refractivity contribution in [2.45, 2.75) is 32.9 Å². The van der Waals surface area contributed by atoms with Gasteiger partial charge >= 0.3 is 0 Å². The van der Waals surface area contributed by atoms with Crippen molar-refractivity contribution >= 4 is 17.5 Å². The third kappa shape index (κ3) is 7.15. The Hall–Kier alpha value is -2.93. The average Bonchev–Trinajstić information content (AvgIpc) is 2.67. The highest BCUT2D eigenvalue weighted by Gasteiger charge is 2.30. The largest absolute Gasteiger partial charge is 0.497 e. The van der Waals surface area contributed by atoms with Crippen LogP contribution in [0.25, 0.3) is 0 Å². The van der Waals surface area contributed by atoms with E-state index in [1.807, 2.05) is 52.1 Å². The molecule has 2 aromatic rings. The molecule has 0 fully saturated rings. The molecule has 0 radical (unpaired) electrons. The summed E-state index contributed by atoms with van der Waals surface area (Å²) < 4.78 is 18.2. The smallest absolute Gasteiger partial charge is 0.278 e. The molecule has 0 aliphatic heterocycles. The lowest BCUT2D eigenvalue weighted by Crippen LogP contribution is -3.09. The summed E-state index contributed by atoms with van der Waals surface area (Å²) in [5.41, 5.74) is 1.07. The standard InChI is InChI=1S/C23H30FN3O3/c1-23(2,3)27(15-21(28)25-19-10-8-18(24)9-11-19)22(29)16-26(4)14-17-6-12-20(30-5)13-7-17/h6-13H,14-16H2,1-5H3,(H,25,28)/p+1. The van der Waals surface area contributed by atoms with Crippen molar-refractivity contribution in [1.82, 2.24) is 4.90 Å². The van der Waals surface area contributed by atoms with E-state index in [1.165, 1.54) is 24.3 Å². The number of carbonyl (C=O) groups is 2. The number of nitrogens with zero attached hydrogens (tertiary/aromatic N) is 1. The molecule has 0 aliphatic rings. The Balaban J connectivity index is 1.98. The number of likely N-dealkylation sites (N-methyl/N-ethyl adjacent to an activating group) is 1. The summed E-state index contributed by atoms with van der Waals surface area (Å²) in [7, 11) is 3.57. The number of anilines is 1. The second-order valence-corrected chi connectivity index (χ2v) is 8.36. The van der Waals surface area contributed by atoms with Gasteiger partial charge in [-0.3, -0.25) is 9.59 Å². The lowest BCUT2D eigenvalue weighted by molar-refractivity contribution is -0.885. The van der Waals surface area contributed by atoms with Crippen LogP contribution in [0.4, 0.5) is 10.1 Å². The molecule has 162 valence electrons. The van der Waals surface area contributed by atoms with Crippen molar-refractivity contribution in [3.05, 3.63) is 59.9 Å². The van der Waals surface area contributed by atoms with Gasteiger partial charge in [0.2, 0.25) is 5.91 Å². The van der Waals surface area contributed by atoms with Crippen LogP contribution in [0, 0.1) is 5.82 Å². The van der Waals surface area contributed by atoms with Gasteiger partial charge in [-0.1, -0.05) is 0 Å². The summed E-state index contributed by atoms with van der Waals surface area (Å²) in [6, 6.07) is 13.3. The SMILES string of the molecule is COc1ccc(C[NH+](C)CC(=O)N(CC(=O)Nc2ccc(F)cc2)C(C)(C)C)cc1. The predicted molar refractivity (Wildman–Crippen MR) is 115 cm³/mol. The molecule has 7 heteroatoms. The number of hydrogen-bond acceptors (Lipinski definition) is 3. The first-order chi connectivity index (χ1) is 14.1. The second kappa shape index (κ2) is 10.2. The normalized spacial score (nSPS) is 12.2. The van der Waals surface area contributed by atoms with Crippen LogP contribution < -0.4 is 15.0 Å². The van der Waals surface area contributed by atoms with Crippen molar-refractivity contribution in [1.29, 1.82) is 0 Å². The lowest BCUT2D eigenvalue weighted by Gasteiger charge is -2.35. The van der Waals surface area contributed by atoms with E-state index in [2.05, 4.69) is 5.32 Å². The van der Waals surface area contributed by atoms with Gasteiger partial charge in [-0.2, -0.15) is 0 Å². The maximum absolute atomic E-state index is 13.0. The number of hydrogen-bond donors (Lipinski definition) is 2. The van der Waals surface area contributed by atoms with Crippen LogP contribution in [0.3, 0.4) is 0 Å². The zero-order valence-electron chi connectivity index (χ0n) is 18.3. The Bertz CT molecular complexity index is 845. The molecule has 2 N–H and O–H groups in total. The number of amides is 2. The monoisotopic (exact) mass is 416 g/mol. The molecular formula is C23H31FN3O3+. The van der Waals surface area contributed by atoms with E-state index in [0.29, 0.717) is 12.2 Å². The molecule has 6 nitrogen and oxygen atoms in total. The number of rotatable bonds is 8. The zero-order chi connectivity index (χ0) is 22.3. The Morgan fingerprint density at radius 3 is 2.20 bits per heavy atom. The highest BCUT2D eigenvalue weighted by Crippen LogP contribution is 2.14. The average molecular weight is 417 g/mol. The molecule has 0 aliphatic carbocycles. The summed E-state index contributed by atoms with van der Waals surface area (Å²) in [5, 5.41) is 2.71. The summed E-state index contributed by atoms with van der Waals surface area (Å²) in [6.07, 6.45) is 0. The minimum absolute atomic E-state index is 0.0739. The first kappa shape index (κ1) is 23.3. The van der Waals surface area contributed by atoms with E-state index in [1.54, 1.807) is 12.0 Å². The maximum atomic E-state index is 13.0. The van der Waals surface area contributed by atoms with Crippen LogP contribution >= 0.6 is 0 Å². The molecule has 0 bridgehead atoms. The number of benzene rings is 2. The second-order valence-electron chi connectivity index (χ2n) is 8.36. The van der Waals surface area contributed by atoms with E-state index < -0.39 is 5.54 Å². The van der Waals surface area contributed by atoms with Crippen molar-refractivity contribution in [2.75, 3.05) is 32.6 Å². The highest BCUT2D eigenvalue weighted by atomic mass is 19.1. The summed E-state index contributed by atoms with van der Waals surface area (Å²) in [5.74, 6) is -0.0126. The van der Waals surface area contributed by atoms with Crippen LogP contribution in [0.15, 0.2) is 48.5 Å². The van der Waals surface area contributed by atoms with Gasteiger partial charge in [-0.15, -0.1) is 0 Å². The van der Waals surface area contributed by atoms with Crippen LogP contribution in [-0.4, -0.2) is 49.5 Å². The summed E-state index contributed by atoms with van der Waals surface area (Å²) in [6.45, 7) is 6.55. The molecule has 2 rings (SSSR count). The molecule has 2 amide bonds. The van der Waals surface area contributed by atoms with Crippen molar-refractivity contribution < 1.29 is 23.6 Å². The predicted octanol–water partition coefficient (Wildman–Crippen LogP) is 2.11. The molecule has 1 unspecified atom stereocenters. The minimum Gasteiger partial charge on any atom is -0.497 e. The number of ether oxygens (including phenoxy) is 1. The van der Waals surface area contributed by atoms with Gasteiger partial charge in [-0.05, 0) is 69.3 Å². The van der Waals surface area contributed by atoms with E-state index >= 15 is 0 Å². The van der Waals surface area contributed by atoms with E-state index in [9.17, 15) is 14.0 Å². The van der Waals surface area contributed by atoms with E-state index in [4.69, 9.17) is 4.74 Å². The third-order valence-corrected chi connectivity index (χ3v) is 4.66. The number of nitrogens with one attached hydrogen (secondary N) is 2. The highest BCUT2D eigenvalue weighted by molar-refractivity contribution is 5.94. The van der Waals surface area contributed by atoms with Crippen molar-refractivity contribution in [3.8, 4) is 5.75 Å². The molecule has 0 heterocycles. The fourth-order valence-electron chi connectivity index (χ4n) is 3.08. The van der Waals surface area contributed by atoms with Gasteiger partial charge in [-0.25, -0.2) is 4.39 Å². The molecule has 0 spiro atoms. The van der Waals surface area contributed by atoms with Crippen LogP contribution in [0.5, 0.6) is 5.75 Å². The van der Waals surface area contributed by atoms with Crippen molar-refractivity contribution in [3.63, 3.8) is 0 Å². The van der Waals surface area contributed by atoms with Gasteiger partial charge in [0, 0.05) is 16.8 Å². The first-order valence-corrected chi connectivity index (χ1v) is 9.88. The maximum Gasteiger partial charge on any atom is 0.278 e. The van der Waals surface area contributed by atoms with Crippen molar-refractivity contribution in [2.24, 2.45) is 0 Å². The van der Waals surface area contributed by atoms with Gasteiger partial charge in [0.1, 0.15) is 24.7 Å². The van der Waals surface area contributed by atoms with Gasteiger partial charge in [0.15, 0.2) is 6.54 Å². The number of quaternary nitrogens is 1. The first-order valence-electron chi connectivity index (χ1n) is 9.88. The van der Waals surface area contributed by atoms with E-state index in [0.717, 1.165) is 16.2 Å². The number of methoxy groups -OCH3 is 1. The van der Waals surface area contributed by atoms with Crippen LogP contribution in [0.1, 0.15) is 26.3 Å². The Morgan fingerprint density at radius 2 is 1.67 bits per heavy atom. The number of carbonyl (C=O) groups excluding carboxylic acids is 2. The molecule has 0 saturated carbocycles. The third-order valence-electron chi connectivity index (χ3n) is 4.66. The van der Waals surface area contributed by atoms with Gasteiger partial charge < -0.3 is 19.9 Å². The molecule has 1 atom stereocenters. The molecule has 0 aromatic heterocycles. The topological polar surface area (TPSA) is 63.1 Å². The Kier molecular flexibility index (Phi) is 7.94. The molecular weight excluding hydrogens is 385 g/mol. The quantitative estimate of drug-likeness (QED) is 0.693. The van der Waals surface area contributed by atoms with Gasteiger partial charge in [0.05, 0.1) is 14.2 Å². The van der Waals surface area contributed by atoms with Crippen LogP contribution in [-0.2, 0) is 16.1 Å². The number of halogens is 1. The fraction of sp³-hybridized carbons (Fsp3) is 0.391. The Morgan fingerprint density at radius 1 is 1.07 bits per heavy atom. The van der Waals surface area contributed by atoms with Crippen LogP contribution in [0.2, 0.25) is 0 Å². The minimum atomic E-state index is -0.516. The van der Waals surface area contributed by atoms with E-state index in [-0.39, 0.29) is 30.7 Å². The Labute approximate surface area is 177 Å². The molecule has 2 aromatic carbocycles. The fourth-order valence-corrected chi connectivity index (χ4v) is 3.08. The summed E-state index contributed by atoms with van der Waals surface area (Å²) >= 11 is 0. The van der Waals surface area contributed by atoms with Gasteiger partial charge in [0.25, 0.3) is 5.91 Å². The summed E-state index contributed by atoms with van der Waals surface area (Å²) in [4.78, 5) is 28.0.